The molecule has 1 fully saturated rings. The lowest BCUT2D eigenvalue weighted by Crippen LogP contribution is -2.44. The molecule has 0 radical (unpaired) electrons. The van der Waals surface area contributed by atoms with Crippen LogP contribution in [0.15, 0.2) is 12.1 Å². The number of ether oxygens (including phenoxy) is 1. The van der Waals surface area contributed by atoms with Crippen LogP contribution in [0.3, 0.4) is 0 Å². The molecule has 1 atom stereocenters. The van der Waals surface area contributed by atoms with E-state index in [0.29, 0.717) is 18.4 Å². The van der Waals surface area contributed by atoms with Crippen LogP contribution in [-0.2, 0) is 4.79 Å². The Morgan fingerprint density at radius 3 is 2.52 bits per heavy atom. The van der Waals surface area contributed by atoms with Gasteiger partial charge in [-0.15, -0.1) is 10.2 Å². The summed E-state index contributed by atoms with van der Waals surface area (Å²) in [6.45, 7) is 10.5. The van der Waals surface area contributed by atoms with Gasteiger partial charge in [0.15, 0.2) is 5.82 Å². The van der Waals surface area contributed by atoms with Crippen molar-refractivity contribution >= 4 is 11.7 Å². The lowest BCUT2D eigenvalue weighted by atomic mass is 9.95. The second kappa shape index (κ2) is 8.13. The minimum atomic E-state index is 0.100. The molecule has 23 heavy (non-hydrogen) atoms. The first kappa shape index (κ1) is 17.5. The standard InChI is InChI=1S/C17H28N4O2/c1-5-23-16-7-6-15(19-20-16)21-10-8-14(9-11-21)17(22)18-13(4)12(2)3/h6-7,12-14H,5,8-11H2,1-4H3,(H,18,22)/t13-/m1/s1. The maximum absolute atomic E-state index is 12.3. The third kappa shape index (κ3) is 4.81. The molecule has 6 nitrogen and oxygen atoms in total. The zero-order valence-electron chi connectivity index (χ0n) is 14.6. The molecule has 1 aromatic rings. The predicted octanol–water partition coefficient (Wildman–Crippen LogP) is 2.25. The molecule has 1 N–H and O–H groups in total. The Hall–Kier alpha value is -1.85. The fourth-order valence-corrected chi connectivity index (χ4v) is 2.59. The van der Waals surface area contributed by atoms with Gasteiger partial charge in [-0.2, -0.15) is 0 Å². The number of carbonyl (C=O) groups is 1. The molecule has 1 aromatic heterocycles. The highest BCUT2D eigenvalue weighted by Gasteiger charge is 2.26. The molecule has 1 saturated heterocycles. The van der Waals surface area contributed by atoms with E-state index in [1.807, 2.05) is 19.1 Å². The van der Waals surface area contributed by atoms with Crippen LogP contribution in [0.4, 0.5) is 5.82 Å². The van der Waals surface area contributed by atoms with Gasteiger partial charge in [-0.3, -0.25) is 4.79 Å². The average molecular weight is 320 g/mol. The van der Waals surface area contributed by atoms with E-state index in [9.17, 15) is 4.79 Å². The van der Waals surface area contributed by atoms with Gasteiger partial charge in [0.05, 0.1) is 6.61 Å². The highest BCUT2D eigenvalue weighted by Crippen LogP contribution is 2.22. The number of anilines is 1. The molecular formula is C17H28N4O2. The van der Waals surface area contributed by atoms with E-state index < -0.39 is 0 Å². The minimum absolute atomic E-state index is 0.100. The molecule has 0 saturated carbocycles. The number of carbonyl (C=O) groups excluding carboxylic acids is 1. The summed E-state index contributed by atoms with van der Waals surface area (Å²) < 4.78 is 5.31. The molecule has 1 amide bonds. The molecule has 0 spiro atoms. The van der Waals surface area contributed by atoms with Crippen LogP contribution in [-0.4, -0.2) is 41.8 Å². The molecule has 6 heteroatoms. The minimum Gasteiger partial charge on any atom is -0.477 e. The van der Waals surface area contributed by atoms with Crippen molar-refractivity contribution in [1.82, 2.24) is 15.5 Å². The first-order valence-electron chi connectivity index (χ1n) is 8.53. The summed E-state index contributed by atoms with van der Waals surface area (Å²) in [5.74, 6) is 2.14. The van der Waals surface area contributed by atoms with Crippen molar-refractivity contribution in [2.75, 3.05) is 24.6 Å². The van der Waals surface area contributed by atoms with Crippen LogP contribution in [0.1, 0.15) is 40.5 Å². The molecule has 2 heterocycles. The first-order valence-corrected chi connectivity index (χ1v) is 8.53. The van der Waals surface area contributed by atoms with Crippen molar-refractivity contribution < 1.29 is 9.53 Å². The van der Waals surface area contributed by atoms with Crippen molar-refractivity contribution in [3.8, 4) is 5.88 Å². The third-order valence-corrected chi connectivity index (χ3v) is 4.48. The smallest absolute Gasteiger partial charge is 0.233 e. The van der Waals surface area contributed by atoms with E-state index in [0.717, 1.165) is 31.7 Å². The third-order valence-electron chi connectivity index (χ3n) is 4.48. The molecule has 0 aliphatic carbocycles. The van der Waals surface area contributed by atoms with E-state index in [-0.39, 0.29) is 17.9 Å². The summed E-state index contributed by atoms with van der Waals surface area (Å²) >= 11 is 0. The van der Waals surface area contributed by atoms with Gasteiger partial charge in [0, 0.05) is 31.1 Å². The van der Waals surface area contributed by atoms with E-state index in [4.69, 9.17) is 4.74 Å². The zero-order chi connectivity index (χ0) is 16.8. The Morgan fingerprint density at radius 1 is 1.30 bits per heavy atom. The van der Waals surface area contributed by atoms with Crippen LogP contribution in [0.5, 0.6) is 5.88 Å². The maximum Gasteiger partial charge on any atom is 0.233 e. The largest absolute Gasteiger partial charge is 0.477 e. The molecule has 1 aliphatic heterocycles. The number of piperidine rings is 1. The summed E-state index contributed by atoms with van der Waals surface area (Å²) in [7, 11) is 0. The molecule has 2 rings (SSSR count). The Labute approximate surface area is 138 Å². The van der Waals surface area contributed by atoms with E-state index in [1.54, 1.807) is 0 Å². The van der Waals surface area contributed by atoms with Crippen LogP contribution >= 0.6 is 0 Å². The summed E-state index contributed by atoms with van der Waals surface area (Å²) in [5.41, 5.74) is 0. The lowest BCUT2D eigenvalue weighted by Gasteiger charge is -2.32. The highest BCUT2D eigenvalue weighted by atomic mass is 16.5. The van der Waals surface area contributed by atoms with Crippen molar-refractivity contribution in [2.24, 2.45) is 11.8 Å². The van der Waals surface area contributed by atoms with Crippen molar-refractivity contribution in [2.45, 2.75) is 46.6 Å². The number of nitrogens with one attached hydrogen (secondary N) is 1. The fraction of sp³-hybridized carbons (Fsp3) is 0.706. The second-order valence-electron chi connectivity index (χ2n) is 6.47. The van der Waals surface area contributed by atoms with Gasteiger partial charge in [-0.1, -0.05) is 13.8 Å². The van der Waals surface area contributed by atoms with Gasteiger partial charge in [-0.25, -0.2) is 0 Å². The fourth-order valence-electron chi connectivity index (χ4n) is 2.59. The van der Waals surface area contributed by atoms with E-state index >= 15 is 0 Å². The first-order chi connectivity index (χ1) is 11.0. The van der Waals surface area contributed by atoms with Gasteiger partial charge >= 0.3 is 0 Å². The number of hydrogen-bond acceptors (Lipinski definition) is 5. The van der Waals surface area contributed by atoms with Crippen LogP contribution in [0, 0.1) is 11.8 Å². The summed E-state index contributed by atoms with van der Waals surface area (Å²) in [6, 6.07) is 3.99. The topological polar surface area (TPSA) is 67.3 Å². The molecule has 1 aliphatic rings. The number of hydrogen-bond donors (Lipinski definition) is 1. The lowest BCUT2D eigenvalue weighted by molar-refractivity contribution is -0.126. The summed E-state index contributed by atoms with van der Waals surface area (Å²) in [6.07, 6.45) is 1.71. The zero-order valence-corrected chi connectivity index (χ0v) is 14.6. The molecule has 0 bridgehead atoms. The molecule has 0 aromatic carbocycles. The Balaban J connectivity index is 1.84. The van der Waals surface area contributed by atoms with Gasteiger partial charge < -0.3 is 15.0 Å². The van der Waals surface area contributed by atoms with Gasteiger partial charge in [0.2, 0.25) is 11.8 Å². The average Bonchev–Trinajstić information content (AvgIpc) is 2.56. The highest BCUT2D eigenvalue weighted by molar-refractivity contribution is 5.79. The van der Waals surface area contributed by atoms with Crippen molar-refractivity contribution in [1.29, 1.82) is 0 Å². The normalized spacial score (nSPS) is 17.2. The van der Waals surface area contributed by atoms with Crippen LogP contribution in [0.2, 0.25) is 0 Å². The van der Waals surface area contributed by atoms with Crippen molar-refractivity contribution in [3.63, 3.8) is 0 Å². The van der Waals surface area contributed by atoms with Crippen molar-refractivity contribution in [3.05, 3.63) is 12.1 Å². The number of aromatic nitrogens is 2. The quantitative estimate of drug-likeness (QED) is 0.871. The Morgan fingerprint density at radius 2 is 2.00 bits per heavy atom. The Bertz CT molecular complexity index is 496. The van der Waals surface area contributed by atoms with Gasteiger partial charge in [-0.05, 0) is 38.7 Å². The van der Waals surface area contributed by atoms with Gasteiger partial charge in [0.25, 0.3) is 0 Å². The Kier molecular flexibility index (Phi) is 6.19. The number of amides is 1. The molecule has 0 unspecified atom stereocenters. The number of nitrogens with zero attached hydrogens (tertiary/aromatic N) is 3. The molecule has 128 valence electrons. The SMILES string of the molecule is CCOc1ccc(N2CCC(C(=O)N[C@H](C)C(C)C)CC2)nn1. The van der Waals surface area contributed by atoms with E-state index in [2.05, 4.69) is 41.2 Å². The summed E-state index contributed by atoms with van der Waals surface area (Å²) in [4.78, 5) is 14.5. The monoisotopic (exact) mass is 320 g/mol. The maximum atomic E-state index is 12.3. The van der Waals surface area contributed by atoms with Crippen LogP contribution < -0.4 is 15.0 Å². The second-order valence-corrected chi connectivity index (χ2v) is 6.47. The summed E-state index contributed by atoms with van der Waals surface area (Å²) in [5, 5.41) is 11.4. The predicted molar refractivity (Wildman–Crippen MR) is 90.6 cm³/mol. The molecular weight excluding hydrogens is 292 g/mol. The van der Waals surface area contributed by atoms with E-state index in [1.165, 1.54) is 0 Å². The van der Waals surface area contributed by atoms with Crippen LogP contribution in [0.25, 0.3) is 0 Å². The number of rotatable bonds is 6. The van der Waals surface area contributed by atoms with Gasteiger partial charge in [0.1, 0.15) is 0 Å².